The number of rotatable bonds is 12. The molecule has 40 heavy (non-hydrogen) atoms. The van der Waals surface area contributed by atoms with Gasteiger partial charge in [0.1, 0.15) is 0 Å². The predicted molar refractivity (Wildman–Crippen MR) is 162 cm³/mol. The molecule has 1 atom stereocenters. The Morgan fingerprint density at radius 2 is 1.65 bits per heavy atom. The molecule has 0 aliphatic heterocycles. The van der Waals surface area contributed by atoms with E-state index >= 15 is 0 Å². The second-order valence-electron chi connectivity index (χ2n) is 11.0. The van der Waals surface area contributed by atoms with Gasteiger partial charge in [0.2, 0.25) is 21.8 Å². The smallest absolute Gasteiger partial charge is 0.246 e. The van der Waals surface area contributed by atoms with E-state index in [4.69, 9.17) is 5.73 Å². The molecule has 214 valence electrons. The van der Waals surface area contributed by atoms with E-state index in [1.54, 1.807) is 42.1 Å². The molecule has 0 aliphatic rings. The summed E-state index contributed by atoms with van der Waals surface area (Å²) in [7, 11) is -0.00157. The molecule has 9 heteroatoms. The Labute approximate surface area is 237 Å². The molecule has 3 N–H and O–H groups in total. The molecule has 2 amide bonds. The number of anilines is 1. The first-order valence-corrected chi connectivity index (χ1v) is 15.1. The summed E-state index contributed by atoms with van der Waals surface area (Å²) >= 11 is 0. The highest BCUT2D eigenvalue weighted by molar-refractivity contribution is 7.92. The van der Waals surface area contributed by atoms with Crippen LogP contribution < -0.4 is 10.5 Å². The van der Waals surface area contributed by atoms with Gasteiger partial charge in [-0.05, 0) is 66.8 Å². The van der Waals surface area contributed by atoms with Crippen LogP contribution in [0.3, 0.4) is 0 Å². The van der Waals surface area contributed by atoms with Gasteiger partial charge in [-0.2, -0.15) is 0 Å². The quantitative estimate of drug-likeness (QED) is 0.315. The Hall–Kier alpha value is -3.69. The molecule has 0 saturated heterocycles. The highest BCUT2D eigenvalue weighted by atomic mass is 32.2. The number of carbonyl (C=O) groups excluding carboxylic acids is 2. The lowest BCUT2D eigenvalue weighted by molar-refractivity contribution is -0.133. The summed E-state index contributed by atoms with van der Waals surface area (Å²) in [6.07, 6.45) is 5.50. The van der Waals surface area contributed by atoms with E-state index in [9.17, 15) is 18.0 Å². The third kappa shape index (κ3) is 9.20. The summed E-state index contributed by atoms with van der Waals surface area (Å²) in [5.74, 6) is -0.336. The Morgan fingerprint density at radius 3 is 2.33 bits per heavy atom. The summed E-state index contributed by atoms with van der Waals surface area (Å²) in [6.45, 7) is 4.18. The van der Waals surface area contributed by atoms with E-state index in [0.29, 0.717) is 25.1 Å². The normalized spacial score (nSPS) is 12.8. The molecule has 3 rings (SSSR count). The summed E-state index contributed by atoms with van der Waals surface area (Å²) in [5.41, 5.74) is 7.78. The van der Waals surface area contributed by atoms with E-state index in [2.05, 4.69) is 4.72 Å². The average molecular weight is 565 g/mol. The minimum atomic E-state index is -3.43. The molecule has 0 heterocycles. The minimum Gasteiger partial charge on any atom is -0.345 e. The van der Waals surface area contributed by atoms with E-state index in [1.165, 1.54) is 6.08 Å². The van der Waals surface area contributed by atoms with Crippen LogP contribution in [0.25, 0.3) is 10.8 Å². The summed E-state index contributed by atoms with van der Waals surface area (Å²) < 4.78 is 26.0. The zero-order valence-electron chi connectivity index (χ0n) is 23.9. The van der Waals surface area contributed by atoms with Gasteiger partial charge in [0, 0.05) is 26.2 Å². The van der Waals surface area contributed by atoms with Crippen molar-refractivity contribution in [2.75, 3.05) is 31.6 Å². The van der Waals surface area contributed by atoms with Crippen molar-refractivity contribution < 1.29 is 18.0 Å². The monoisotopic (exact) mass is 564 g/mol. The summed E-state index contributed by atoms with van der Waals surface area (Å²) in [4.78, 5) is 29.8. The molecular weight excluding hydrogens is 524 g/mol. The first-order chi connectivity index (χ1) is 18.7. The van der Waals surface area contributed by atoms with Gasteiger partial charge in [-0.25, -0.2) is 8.42 Å². The van der Waals surface area contributed by atoms with Crippen LogP contribution in [0.2, 0.25) is 0 Å². The number of nitrogens with zero attached hydrogens (tertiary/aromatic N) is 2. The van der Waals surface area contributed by atoms with Crippen molar-refractivity contribution >= 4 is 38.3 Å². The van der Waals surface area contributed by atoms with Crippen molar-refractivity contribution in [2.45, 2.75) is 44.7 Å². The number of sulfonamides is 1. The number of likely N-dealkylation sites (N-methyl/N-ethyl adjacent to an activating group) is 2. The number of amides is 2. The lowest BCUT2D eigenvalue weighted by atomic mass is 9.97. The number of fused-ring (bicyclic) bond motifs is 1. The van der Waals surface area contributed by atoms with Gasteiger partial charge >= 0.3 is 0 Å². The molecule has 0 aliphatic carbocycles. The maximum atomic E-state index is 13.4. The molecule has 0 radical (unpaired) electrons. The SMILES string of the molecule is CN(CCc1ccccc1NS(C)(=O)=O)C(=O)CC(c1ccc2ccccc2c1)N(C)C(=O)/C=C/CC(C)(C)N. The molecule has 0 spiro atoms. The molecule has 8 nitrogen and oxygen atoms in total. The Balaban J connectivity index is 1.80. The topological polar surface area (TPSA) is 113 Å². The van der Waals surface area contributed by atoms with Crippen molar-refractivity contribution in [1.29, 1.82) is 0 Å². The van der Waals surface area contributed by atoms with Gasteiger partial charge in [0.05, 0.1) is 24.4 Å². The second-order valence-corrected chi connectivity index (χ2v) is 12.7. The lowest BCUT2D eigenvalue weighted by Crippen LogP contribution is -2.36. The lowest BCUT2D eigenvalue weighted by Gasteiger charge is -2.29. The van der Waals surface area contributed by atoms with Gasteiger partial charge in [-0.1, -0.05) is 60.7 Å². The maximum absolute atomic E-state index is 13.4. The third-order valence-electron chi connectivity index (χ3n) is 6.70. The van der Waals surface area contributed by atoms with Gasteiger partial charge in [0.25, 0.3) is 0 Å². The number of benzene rings is 3. The fraction of sp³-hybridized carbons (Fsp3) is 0.355. The molecule has 0 aromatic heterocycles. The molecular formula is C31H40N4O4S. The number of hydrogen-bond acceptors (Lipinski definition) is 5. The second kappa shape index (κ2) is 13.1. The van der Waals surface area contributed by atoms with Crippen molar-refractivity contribution in [3.63, 3.8) is 0 Å². The molecule has 1 unspecified atom stereocenters. The van der Waals surface area contributed by atoms with Gasteiger partial charge < -0.3 is 15.5 Å². The molecule has 0 bridgehead atoms. The van der Waals surface area contributed by atoms with Gasteiger partial charge in [-0.15, -0.1) is 0 Å². The fourth-order valence-electron chi connectivity index (χ4n) is 4.40. The number of nitrogens with two attached hydrogens (primary N) is 1. The van der Waals surface area contributed by atoms with E-state index in [1.807, 2.05) is 68.4 Å². The van der Waals surface area contributed by atoms with Crippen LogP contribution in [0.15, 0.2) is 78.9 Å². The number of nitrogens with one attached hydrogen (secondary N) is 1. The molecule has 0 saturated carbocycles. The molecule has 0 fully saturated rings. The maximum Gasteiger partial charge on any atom is 0.246 e. The van der Waals surface area contributed by atoms with Crippen LogP contribution in [0.4, 0.5) is 5.69 Å². The first kappa shape index (κ1) is 30.8. The van der Waals surface area contributed by atoms with Crippen LogP contribution in [-0.2, 0) is 26.0 Å². The third-order valence-corrected chi connectivity index (χ3v) is 7.29. The number of para-hydroxylation sites is 1. The number of carbonyl (C=O) groups is 2. The van der Waals surface area contributed by atoms with Crippen LogP contribution in [0, 0.1) is 0 Å². The zero-order chi connectivity index (χ0) is 29.5. The van der Waals surface area contributed by atoms with Crippen LogP contribution in [-0.4, -0.2) is 62.5 Å². The Bertz CT molecular complexity index is 1480. The van der Waals surface area contributed by atoms with E-state index in [-0.39, 0.29) is 18.2 Å². The van der Waals surface area contributed by atoms with Crippen molar-refractivity contribution in [3.05, 3.63) is 90.0 Å². The van der Waals surface area contributed by atoms with Crippen molar-refractivity contribution in [3.8, 4) is 0 Å². The minimum absolute atomic E-state index is 0.0938. The first-order valence-electron chi connectivity index (χ1n) is 13.2. The zero-order valence-corrected chi connectivity index (χ0v) is 24.7. The fourth-order valence-corrected chi connectivity index (χ4v) is 5.00. The highest BCUT2D eigenvalue weighted by Gasteiger charge is 2.25. The van der Waals surface area contributed by atoms with Crippen LogP contribution in [0.5, 0.6) is 0 Å². The summed E-state index contributed by atoms with van der Waals surface area (Å²) in [6, 6.07) is 20.6. The van der Waals surface area contributed by atoms with Gasteiger partial charge in [-0.3, -0.25) is 14.3 Å². The van der Waals surface area contributed by atoms with Crippen molar-refractivity contribution in [1.82, 2.24) is 9.80 Å². The standard InChI is InChI=1S/C31H40N4O4S/c1-31(2,32)19-10-15-29(36)35(4)28(26-17-16-23-11-6-7-13-25(23)21-26)22-30(37)34(3)20-18-24-12-8-9-14-27(24)33-40(5,38)39/h6-17,21,28,33H,18-20,22,32H2,1-5H3/b15-10+. The Kier molecular flexibility index (Phi) is 10.1. The predicted octanol–water partition coefficient (Wildman–Crippen LogP) is 4.49. The largest absolute Gasteiger partial charge is 0.345 e. The van der Waals surface area contributed by atoms with Gasteiger partial charge in [0.15, 0.2) is 0 Å². The van der Waals surface area contributed by atoms with E-state index in [0.717, 1.165) is 28.2 Å². The molecule has 3 aromatic rings. The van der Waals surface area contributed by atoms with E-state index < -0.39 is 21.6 Å². The number of hydrogen-bond donors (Lipinski definition) is 2. The van der Waals surface area contributed by atoms with Crippen LogP contribution >= 0.6 is 0 Å². The Morgan fingerprint density at radius 1 is 1.00 bits per heavy atom. The molecule has 3 aromatic carbocycles. The summed E-state index contributed by atoms with van der Waals surface area (Å²) in [5, 5.41) is 2.11. The van der Waals surface area contributed by atoms with Crippen LogP contribution in [0.1, 0.15) is 43.9 Å². The highest BCUT2D eigenvalue weighted by Crippen LogP contribution is 2.28. The average Bonchev–Trinajstić information content (AvgIpc) is 2.88. The van der Waals surface area contributed by atoms with Crippen molar-refractivity contribution in [2.24, 2.45) is 5.73 Å².